The van der Waals surface area contributed by atoms with E-state index in [4.69, 9.17) is 20.3 Å². The fourth-order valence-electron chi connectivity index (χ4n) is 2.62. The first-order valence-electron chi connectivity index (χ1n) is 7.92. The summed E-state index contributed by atoms with van der Waals surface area (Å²) in [4.78, 5) is 48.2. The molecular formula is C10H20Li4N5O12P3S. The van der Waals surface area contributed by atoms with E-state index >= 15 is 0 Å². The Morgan fingerprint density at radius 3 is 2.20 bits per heavy atom. The Labute approximate surface area is 256 Å². The maximum atomic E-state index is 11.9. The number of aromatic nitrogens is 4. The van der Waals surface area contributed by atoms with Gasteiger partial charge in [-0.3, -0.25) is 9.09 Å². The zero-order valence-electron chi connectivity index (χ0n) is 22.9. The molecule has 8 N–H and O–H groups in total. The molecule has 0 saturated carbocycles. The van der Waals surface area contributed by atoms with Gasteiger partial charge in [-0.2, -0.15) is 4.31 Å². The molecule has 3 heterocycles. The number of imidazole rings is 1. The molecule has 1 aliphatic heterocycles. The van der Waals surface area contributed by atoms with Crippen LogP contribution in [0.2, 0.25) is 0 Å². The third-order valence-corrected chi connectivity index (χ3v) is 8.22. The summed E-state index contributed by atoms with van der Waals surface area (Å²) in [6, 6.07) is 0. The first-order chi connectivity index (χ1) is 14.2. The van der Waals surface area contributed by atoms with Crippen LogP contribution in [-0.4, -0.2) is 74.2 Å². The predicted octanol–water partition coefficient (Wildman–Crippen LogP) is -13.0. The SMILES string of the molecule is Nc1ncnc2c1ncn2[C@@H]1O[C@H](COP(=O)(O)OP(=O)(O)OP(O)(O)=S)[C@@H](O)[C@H]1O.[H-].[H-].[H-].[H-].[Li+].[Li+].[Li+].[Li+]. The number of nitrogens with two attached hydrogens (primary N) is 1. The first-order valence-corrected chi connectivity index (χ1v) is 13.5. The quantitative estimate of drug-likeness (QED) is 0.118. The van der Waals surface area contributed by atoms with Gasteiger partial charge in [0.05, 0.1) is 12.9 Å². The number of phosphoric ester groups is 1. The number of hydrogen-bond donors (Lipinski definition) is 7. The molecule has 1 fully saturated rings. The number of phosphoric acid groups is 2. The molecule has 2 aromatic rings. The Morgan fingerprint density at radius 1 is 1.03 bits per heavy atom. The molecule has 0 radical (unpaired) electrons. The van der Waals surface area contributed by atoms with Crippen molar-refractivity contribution < 1.29 is 138 Å². The van der Waals surface area contributed by atoms with Gasteiger partial charge < -0.3 is 46.0 Å². The van der Waals surface area contributed by atoms with E-state index in [1.54, 1.807) is 0 Å². The van der Waals surface area contributed by atoms with E-state index in [-0.39, 0.29) is 98.1 Å². The van der Waals surface area contributed by atoms with Crippen LogP contribution >= 0.6 is 22.4 Å². The molecule has 1 aliphatic rings. The molecule has 3 rings (SSSR count). The first kappa shape index (κ1) is 38.6. The fourth-order valence-corrected chi connectivity index (χ4v) is 6.41. The second-order valence-electron chi connectivity index (χ2n) is 6.02. The van der Waals surface area contributed by atoms with Crippen LogP contribution < -0.4 is 81.2 Å². The van der Waals surface area contributed by atoms with Crippen molar-refractivity contribution in [3.05, 3.63) is 12.7 Å². The number of hydrogen-bond acceptors (Lipinski definition) is 13. The maximum Gasteiger partial charge on any atom is 1.00 e. The van der Waals surface area contributed by atoms with Crippen molar-refractivity contribution in [1.82, 2.24) is 19.5 Å². The number of aliphatic hydroxyl groups excluding tert-OH is 2. The fraction of sp³-hybridized carbons (Fsp3) is 0.500. The molecule has 2 unspecified atom stereocenters. The minimum Gasteiger partial charge on any atom is -1.00 e. The van der Waals surface area contributed by atoms with Gasteiger partial charge in [-0.15, -0.1) is 0 Å². The monoisotopic (exact) mass is 555 g/mol. The molecule has 0 bridgehead atoms. The van der Waals surface area contributed by atoms with Crippen LogP contribution in [0, 0.1) is 0 Å². The topological polar surface area (TPSA) is 262 Å². The van der Waals surface area contributed by atoms with Crippen molar-refractivity contribution in [1.29, 1.82) is 0 Å². The van der Waals surface area contributed by atoms with E-state index in [1.165, 1.54) is 10.9 Å². The van der Waals surface area contributed by atoms with Crippen LogP contribution in [0.25, 0.3) is 11.2 Å². The maximum absolute atomic E-state index is 11.9. The molecule has 0 aromatic carbocycles. The number of nitrogen functional groups attached to an aromatic ring is 1. The standard InChI is InChI=1S/C10H16N5O12P3S.4Li.4H/c11-8-5-9(13-2-12-8)15(3-14-5)10-7(17)6(16)4(25-10)1-24-28(18,19)26-29(20,21)27-30(22,23)31;;;;;;;;/h2-4,6-7,10,16-17H,1H2,(H,18,19)(H,20,21)(H2,11,12,13)(H2,22,23,31);;;;;;;;/q;4*+1;4*-1/t4-,6-,7-,10-;;;;;;;;/m1......../s1. The van der Waals surface area contributed by atoms with Gasteiger partial charge in [-0.1, -0.05) is 0 Å². The normalized spacial score (nSPS) is 25.2. The minimum atomic E-state index is -5.49. The molecule has 25 heteroatoms. The molecular weight excluding hydrogens is 535 g/mol. The van der Waals surface area contributed by atoms with E-state index in [9.17, 15) is 29.1 Å². The minimum absolute atomic E-state index is 0. The van der Waals surface area contributed by atoms with Gasteiger partial charge in [0, 0.05) is 0 Å². The van der Waals surface area contributed by atoms with Crippen LogP contribution in [0.4, 0.5) is 5.82 Å². The Morgan fingerprint density at radius 2 is 1.63 bits per heavy atom. The molecule has 6 atom stereocenters. The molecule has 0 amide bonds. The van der Waals surface area contributed by atoms with E-state index in [2.05, 4.69) is 39.9 Å². The average molecular weight is 555 g/mol. The summed E-state index contributed by atoms with van der Waals surface area (Å²) in [5.41, 5.74) is 6.05. The molecule has 0 aliphatic carbocycles. The summed E-state index contributed by atoms with van der Waals surface area (Å²) >= 11 is 3.97. The van der Waals surface area contributed by atoms with Crippen LogP contribution in [-0.2, 0) is 38.8 Å². The number of rotatable bonds is 8. The summed E-state index contributed by atoms with van der Waals surface area (Å²) in [7, 11) is -10.8. The van der Waals surface area contributed by atoms with Crippen molar-refractivity contribution >= 4 is 51.2 Å². The van der Waals surface area contributed by atoms with Gasteiger partial charge in [0.2, 0.25) is 0 Å². The van der Waals surface area contributed by atoms with Gasteiger partial charge in [0.25, 0.3) is 0 Å². The Kier molecular flexibility index (Phi) is 16.2. The van der Waals surface area contributed by atoms with E-state index < -0.39 is 53.5 Å². The smallest absolute Gasteiger partial charge is 1.00 e. The van der Waals surface area contributed by atoms with Crippen LogP contribution in [0.3, 0.4) is 0 Å². The zero-order chi connectivity index (χ0) is 23.2. The summed E-state index contributed by atoms with van der Waals surface area (Å²) in [5.74, 6) is 0.0574. The Bertz CT molecular complexity index is 1150. The van der Waals surface area contributed by atoms with Gasteiger partial charge in [0.15, 0.2) is 17.7 Å². The number of ether oxygens (including phenoxy) is 1. The van der Waals surface area contributed by atoms with Gasteiger partial charge >= 0.3 is 97.8 Å². The number of nitrogens with zero attached hydrogens (tertiary/aromatic N) is 4. The van der Waals surface area contributed by atoms with E-state index in [0.717, 1.165) is 6.33 Å². The Hall–Kier alpha value is 1.45. The molecule has 0 spiro atoms. The summed E-state index contributed by atoms with van der Waals surface area (Å²) in [6.07, 6.45) is -3.53. The van der Waals surface area contributed by atoms with Gasteiger partial charge in [-0.05, 0) is 11.8 Å². The Balaban J connectivity index is -0.000000340. The second-order valence-corrected chi connectivity index (χ2v) is 11.9. The van der Waals surface area contributed by atoms with E-state index in [0.29, 0.717) is 0 Å². The summed E-state index contributed by atoms with van der Waals surface area (Å²) in [6.45, 7) is -5.61. The van der Waals surface area contributed by atoms with Gasteiger partial charge in [0.1, 0.15) is 30.2 Å². The summed E-state index contributed by atoms with van der Waals surface area (Å²) < 4.78 is 42.1. The zero-order valence-corrected chi connectivity index (χ0v) is 22.4. The molecule has 35 heavy (non-hydrogen) atoms. The number of anilines is 1. The molecule has 182 valence electrons. The van der Waals surface area contributed by atoms with E-state index in [1.807, 2.05) is 0 Å². The second kappa shape index (κ2) is 14.7. The van der Waals surface area contributed by atoms with Crippen molar-refractivity contribution in [2.45, 2.75) is 24.5 Å². The van der Waals surface area contributed by atoms with Crippen molar-refractivity contribution in [3.63, 3.8) is 0 Å². The molecule has 1 saturated heterocycles. The average Bonchev–Trinajstić information content (AvgIpc) is 3.13. The third-order valence-electron chi connectivity index (χ3n) is 3.82. The van der Waals surface area contributed by atoms with Crippen LogP contribution in [0.1, 0.15) is 11.9 Å². The summed E-state index contributed by atoms with van der Waals surface area (Å²) in [5, 5.41) is 20.5. The molecule has 2 aromatic heterocycles. The largest absolute Gasteiger partial charge is 1.00 e. The predicted molar refractivity (Wildman–Crippen MR) is 107 cm³/mol. The number of aliphatic hydroxyl groups is 2. The van der Waals surface area contributed by atoms with Gasteiger partial charge in [-0.25, -0.2) is 28.4 Å². The molecule has 17 nitrogen and oxygen atoms in total. The van der Waals surface area contributed by atoms with Crippen molar-refractivity contribution in [2.24, 2.45) is 0 Å². The van der Waals surface area contributed by atoms with Crippen LogP contribution in [0.5, 0.6) is 0 Å². The van der Waals surface area contributed by atoms with Crippen LogP contribution in [0.15, 0.2) is 12.7 Å². The van der Waals surface area contributed by atoms with Crippen molar-refractivity contribution in [3.8, 4) is 0 Å². The third kappa shape index (κ3) is 10.2. The number of fused-ring (bicyclic) bond motifs is 1. The van der Waals surface area contributed by atoms with Crippen molar-refractivity contribution in [2.75, 3.05) is 12.3 Å².